The summed E-state index contributed by atoms with van der Waals surface area (Å²) in [6, 6.07) is 8.72. The number of sulfonamides is 1. The van der Waals surface area contributed by atoms with Crippen LogP contribution in [0.2, 0.25) is 5.02 Å². The monoisotopic (exact) mass is 439 g/mol. The Hall–Kier alpha value is -2.20. The lowest BCUT2D eigenvalue weighted by molar-refractivity contribution is 0.0602. The summed E-state index contributed by atoms with van der Waals surface area (Å²) in [6.07, 6.45) is 2.24. The number of nitrogens with zero attached hydrogens (tertiary/aromatic N) is 1. The maximum atomic E-state index is 12.4. The van der Waals surface area contributed by atoms with Gasteiger partial charge < -0.3 is 10.1 Å². The Morgan fingerprint density at radius 3 is 2.86 bits per heavy atom. The van der Waals surface area contributed by atoms with Crippen LogP contribution in [0.1, 0.15) is 16.1 Å². The number of thiophene rings is 1. The first-order valence-corrected chi connectivity index (χ1v) is 11.1. The minimum atomic E-state index is -3.78. The summed E-state index contributed by atoms with van der Waals surface area (Å²) in [5, 5.41) is 6.38. The number of carbonyl (C=O) groups is 1. The molecule has 0 saturated carbocycles. The van der Waals surface area contributed by atoms with E-state index in [0.717, 1.165) is 27.9 Å². The molecule has 0 fully saturated rings. The largest absolute Gasteiger partial charge is 0.465 e. The number of hydrogen-bond acceptors (Lipinski definition) is 7. The number of fused-ring (bicyclic) bond motifs is 1. The number of halogens is 1. The fraction of sp³-hybridized carbons (Fsp3) is 0.222. The third kappa shape index (κ3) is 4.61. The molecule has 148 valence electrons. The molecule has 0 aliphatic rings. The van der Waals surface area contributed by atoms with E-state index in [1.807, 2.05) is 12.1 Å². The predicted molar refractivity (Wildman–Crippen MR) is 111 cm³/mol. The third-order valence-corrected chi connectivity index (χ3v) is 6.72. The van der Waals surface area contributed by atoms with Crippen LogP contribution in [-0.2, 0) is 14.8 Å². The van der Waals surface area contributed by atoms with Crippen molar-refractivity contribution in [3.05, 3.63) is 51.8 Å². The number of nitrogens with one attached hydrogen (secondary N) is 2. The molecule has 7 nitrogen and oxygen atoms in total. The summed E-state index contributed by atoms with van der Waals surface area (Å²) in [4.78, 5) is 16.0. The molecule has 28 heavy (non-hydrogen) atoms. The zero-order valence-corrected chi connectivity index (χ0v) is 17.3. The SMILES string of the molecule is COC(=O)c1sccc1S(=O)(=O)NCCCNc1ccnc2cc(Cl)ccc12. The fourth-order valence-electron chi connectivity index (χ4n) is 2.62. The molecule has 0 atom stereocenters. The molecular formula is C18H18ClN3O4S2. The van der Waals surface area contributed by atoms with E-state index in [1.54, 1.807) is 23.7 Å². The Labute approximate surface area is 171 Å². The van der Waals surface area contributed by atoms with Gasteiger partial charge in [0.25, 0.3) is 0 Å². The maximum Gasteiger partial charge on any atom is 0.349 e. The predicted octanol–water partition coefficient (Wildman–Crippen LogP) is 3.52. The highest BCUT2D eigenvalue weighted by Crippen LogP contribution is 2.24. The molecule has 0 spiro atoms. The van der Waals surface area contributed by atoms with E-state index in [4.69, 9.17) is 11.6 Å². The van der Waals surface area contributed by atoms with Gasteiger partial charge >= 0.3 is 5.97 Å². The average molecular weight is 440 g/mol. The molecule has 0 unspecified atom stereocenters. The van der Waals surface area contributed by atoms with Gasteiger partial charge in [-0.15, -0.1) is 11.3 Å². The van der Waals surface area contributed by atoms with E-state index in [0.29, 0.717) is 18.0 Å². The lowest BCUT2D eigenvalue weighted by Crippen LogP contribution is -2.27. The van der Waals surface area contributed by atoms with Crippen molar-refractivity contribution < 1.29 is 17.9 Å². The quantitative estimate of drug-likeness (QED) is 0.411. The van der Waals surface area contributed by atoms with Crippen molar-refractivity contribution in [3.8, 4) is 0 Å². The first-order valence-electron chi connectivity index (χ1n) is 8.36. The normalized spacial score (nSPS) is 11.5. The number of benzene rings is 1. The molecule has 2 N–H and O–H groups in total. The van der Waals surface area contributed by atoms with Gasteiger partial charge in [-0.2, -0.15) is 0 Å². The second kappa shape index (κ2) is 8.87. The van der Waals surface area contributed by atoms with Crippen molar-refractivity contribution in [3.63, 3.8) is 0 Å². The molecule has 3 aromatic rings. The zero-order chi connectivity index (χ0) is 20.1. The molecule has 0 saturated heterocycles. The second-order valence-electron chi connectivity index (χ2n) is 5.80. The lowest BCUT2D eigenvalue weighted by atomic mass is 10.2. The highest BCUT2D eigenvalue weighted by molar-refractivity contribution is 7.89. The summed E-state index contributed by atoms with van der Waals surface area (Å²) in [5.41, 5.74) is 1.68. The molecule has 0 aliphatic heterocycles. The molecular weight excluding hydrogens is 422 g/mol. The van der Waals surface area contributed by atoms with E-state index in [2.05, 4.69) is 19.8 Å². The van der Waals surface area contributed by atoms with Crippen molar-refractivity contribution in [2.45, 2.75) is 11.3 Å². The van der Waals surface area contributed by atoms with Gasteiger partial charge in [0.2, 0.25) is 10.0 Å². The van der Waals surface area contributed by atoms with Gasteiger partial charge in [0.15, 0.2) is 0 Å². The van der Waals surface area contributed by atoms with Crippen molar-refractivity contribution in [1.82, 2.24) is 9.71 Å². The Bertz CT molecular complexity index is 1100. The topological polar surface area (TPSA) is 97.4 Å². The van der Waals surface area contributed by atoms with Gasteiger partial charge in [-0.05, 0) is 42.1 Å². The highest BCUT2D eigenvalue weighted by Gasteiger charge is 2.24. The van der Waals surface area contributed by atoms with Crippen LogP contribution in [0.25, 0.3) is 10.9 Å². The first kappa shape index (κ1) is 20.5. The Morgan fingerprint density at radius 2 is 2.07 bits per heavy atom. The molecule has 1 aromatic carbocycles. The first-order chi connectivity index (χ1) is 13.4. The number of rotatable bonds is 8. The number of ether oxygens (including phenoxy) is 1. The van der Waals surface area contributed by atoms with E-state index >= 15 is 0 Å². The number of hydrogen-bond donors (Lipinski definition) is 2. The van der Waals surface area contributed by atoms with Gasteiger partial charge in [0.1, 0.15) is 9.77 Å². The van der Waals surface area contributed by atoms with Crippen LogP contribution in [0.3, 0.4) is 0 Å². The van der Waals surface area contributed by atoms with Gasteiger partial charge in [0, 0.05) is 35.4 Å². The minimum absolute atomic E-state index is 0.0608. The third-order valence-electron chi connectivity index (χ3n) is 3.96. The number of pyridine rings is 1. The molecule has 3 rings (SSSR count). The van der Waals surface area contributed by atoms with Crippen molar-refractivity contribution in [2.24, 2.45) is 0 Å². The number of methoxy groups -OCH3 is 1. The van der Waals surface area contributed by atoms with Crippen molar-refractivity contribution in [1.29, 1.82) is 0 Å². The van der Waals surface area contributed by atoms with Crippen LogP contribution in [0.5, 0.6) is 0 Å². The van der Waals surface area contributed by atoms with Gasteiger partial charge in [-0.3, -0.25) is 4.98 Å². The molecule has 0 aliphatic carbocycles. The van der Waals surface area contributed by atoms with Crippen LogP contribution in [0.4, 0.5) is 5.69 Å². The zero-order valence-electron chi connectivity index (χ0n) is 14.9. The summed E-state index contributed by atoms with van der Waals surface area (Å²) in [7, 11) is -2.56. The van der Waals surface area contributed by atoms with Crippen LogP contribution >= 0.6 is 22.9 Å². The lowest BCUT2D eigenvalue weighted by Gasteiger charge is -2.10. The molecule has 2 aromatic heterocycles. The number of carbonyl (C=O) groups excluding carboxylic acids is 1. The number of esters is 1. The Kier molecular flexibility index (Phi) is 6.50. The van der Waals surface area contributed by atoms with Crippen molar-refractivity contribution >= 4 is 55.5 Å². The molecule has 0 bridgehead atoms. The van der Waals surface area contributed by atoms with E-state index < -0.39 is 16.0 Å². The van der Waals surface area contributed by atoms with Crippen LogP contribution in [-0.4, -0.2) is 39.6 Å². The Morgan fingerprint density at radius 1 is 1.25 bits per heavy atom. The summed E-state index contributed by atoms with van der Waals surface area (Å²) < 4.78 is 32.0. The molecule has 0 radical (unpaired) electrons. The van der Waals surface area contributed by atoms with Crippen LogP contribution in [0, 0.1) is 0 Å². The molecule has 2 heterocycles. The van der Waals surface area contributed by atoms with E-state index in [1.165, 1.54) is 13.2 Å². The Balaban J connectivity index is 1.57. The highest BCUT2D eigenvalue weighted by atomic mass is 35.5. The standard InChI is InChI=1S/C18H18ClN3O4S2/c1-26-18(23)17-16(6-10-27-17)28(24,25)22-8-2-7-20-14-5-9-21-15-11-12(19)3-4-13(14)15/h3-6,9-11,22H,2,7-8H2,1H3,(H,20,21). The molecule has 0 amide bonds. The summed E-state index contributed by atoms with van der Waals surface area (Å²) in [5.74, 6) is -0.665. The maximum absolute atomic E-state index is 12.4. The smallest absolute Gasteiger partial charge is 0.349 e. The summed E-state index contributed by atoms with van der Waals surface area (Å²) in [6.45, 7) is 0.776. The minimum Gasteiger partial charge on any atom is -0.465 e. The number of anilines is 1. The summed E-state index contributed by atoms with van der Waals surface area (Å²) >= 11 is 7.02. The van der Waals surface area contributed by atoms with Gasteiger partial charge in [0.05, 0.1) is 12.6 Å². The fourth-order valence-corrected chi connectivity index (χ4v) is 5.19. The van der Waals surface area contributed by atoms with Gasteiger partial charge in [-0.25, -0.2) is 17.9 Å². The second-order valence-corrected chi connectivity index (χ2v) is 8.89. The van der Waals surface area contributed by atoms with Gasteiger partial charge in [-0.1, -0.05) is 11.6 Å². The average Bonchev–Trinajstić information content (AvgIpc) is 3.17. The van der Waals surface area contributed by atoms with E-state index in [9.17, 15) is 13.2 Å². The van der Waals surface area contributed by atoms with Crippen LogP contribution < -0.4 is 10.0 Å². The van der Waals surface area contributed by atoms with Crippen molar-refractivity contribution in [2.75, 3.05) is 25.5 Å². The molecule has 10 heteroatoms. The van der Waals surface area contributed by atoms with E-state index in [-0.39, 0.29) is 16.3 Å². The van der Waals surface area contributed by atoms with Crippen LogP contribution in [0.15, 0.2) is 46.8 Å². The number of aromatic nitrogens is 1.